The maximum atomic E-state index is 13.6. The minimum absolute atomic E-state index is 0.0922. The molecule has 158 valence electrons. The third kappa shape index (κ3) is 2.79. The number of carbonyl (C=O) groups excluding carboxylic acids is 4. The largest absolute Gasteiger partial charge is 0.370 e. The maximum absolute atomic E-state index is 13.6. The number of carbonyl (C=O) groups is 4. The highest BCUT2D eigenvalue weighted by Crippen LogP contribution is 2.53. The number of nitrogens with two attached hydrogens (primary N) is 1. The van der Waals surface area contributed by atoms with Gasteiger partial charge in [0.1, 0.15) is 5.54 Å². The van der Waals surface area contributed by atoms with Crippen molar-refractivity contribution in [3.63, 3.8) is 0 Å². The first-order chi connectivity index (χ1) is 14.8. The average Bonchev–Trinajstić information content (AvgIpc) is 3.29. The van der Waals surface area contributed by atoms with Crippen LogP contribution in [0.25, 0.3) is 0 Å². The van der Waals surface area contributed by atoms with Gasteiger partial charge in [0.05, 0.1) is 18.4 Å². The Bertz CT molecular complexity index is 1140. The normalized spacial score (nSPS) is 28.7. The SMILES string of the molecule is NC(=O)CC1NC2(C(=O)Nc3ccc(Cl)cc32)C2C(=O)N(Cc3ccccc3)C(=O)C12. The highest BCUT2D eigenvalue weighted by atomic mass is 35.5. The van der Waals surface area contributed by atoms with Crippen molar-refractivity contribution < 1.29 is 19.2 Å². The Morgan fingerprint density at radius 3 is 2.55 bits per heavy atom. The molecule has 3 heterocycles. The second-order valence-electron chi connectivity index (χ2n) is 8.12. The molecule has 0 aromatic heterocycles. The van der Waals surface area contributed by atoms with Crippen molar-refractivity contribution in [1.82, 2.24) is 10.2 Å². The summed E-state index contributed by atoms with van der Waals surface area (Å²) in [5.74, 6) is -3.85. The van der Waals surface area contributed by atoms with Gasteiger partial charge in [-0.25, -0.2) is 0 Å². The first-order valence-electron chi connectivity index (χ1n) is 9.89. The zero-order chi connectivity index (χ0) is 21.9. The van der Waals surface area contributed by atoms with Gasteiger partial charge in [0.25, 0.3) is 0 Å². The lowest BCUT2D eigenvalue weighted by atomic mass is 9.76. The smallest absolute Gasteiger partial charge is 0.250 e. The van der Waals surface area contributed by atoms with Gasteiger partial charge >= 0.3 is 0 Å². The molecule has 9 heteroatoms. The minimum atomic E-state index is -1.50. The number of hydrogen-bond donors (Lipinski definition) is 3. The van der Waals surface area contributed by atoms with Gasteiger partial charge < -0.3 is 11.1 Å². The number of benzene rings is 2. The van der Waals surface area contributed by atoms with Crippen molar-refractivity contribution >= 4 is 40.9 Å². The molecule has 8 nitrogen and oxygen atoms in total. The lowest BCUT2D eigenvalue weighted by molar-refractivity contribution is -0.143. The van der Waals surface area contributed by atoms with Crippen molar-refractivity contribution in [2.45, 2.75) is 24.5 Å². The second-order valence-corrected chi connectivity index (χ2v) is 8.56. The second kappa shape index (κ2) is 6.90. The van der Waals surface area contributed by atoms with Crippen molar-refractivity contribution in [2.75, 3.05) is 5.32 Å². The Labute approximate surface area is 182 Å². The zero-order valence-corrected chi connectivity index (χ0v) is 17.1. The van der Waals surface area contributed by atoms with E-state index in [1.165, 1.54) is 4.90 Å². The predicted octanol–water partition coefficient (Wildman–Crippen LogP) is 1.14. The lowest BCUT2D eigenvalue weighted by Crippen LogP contribution is -2.53. The summed E-state index contributed by atoms with van der Waals surface area (Å²) >= 11 is 6.19. The molecule has 4 atom stereocenters. The van der Waals surface area contributed by atoms with Crippen LogP contribution in [0, 0.1) is 11.8 Å². The first kappa shape index (κ1) is 19.7. The van der Waals surface area contributed by atoms with Crippen LogP contribution in [0.5, 0.6) is 0 Å². The molecule has 3 aliphatic heterocycles. The van der Waals surface area contributed by atoms with Gasteiger partial charge in [-0.15, -0.1) is 0 Å². The molecule has 31 heavy (non-hydrogen) atoms. The van der Waals surface area contributed by atoms with Crippen LogP contribution in [0.15, 0.2) is 48.5 Å². The van der Waals surface area contributed by atoms with Crippen LogP contribution in [-0.4, -0.2) is 34.6 Å². The van der Waals surface area contributed by atoms with Gasteiger partial charge in [0.2, 0.25) is 23.6 Å². The van der Waals surface area contributed by atoms with E-state index in [2.05, 4.69) is 10.6 Å². The number of nitrogens with zero attached hydrogens (tertiary/aromatic N) is 1. The van der Waals surface area contributed by atoms with E-state index in [0.29, 0.717) is 16.3 Å². The molecule has 2 saturated heterocycles. The third-order valence-electron chi connectivity index (χ3n) is 6.37. The summed E-state index contributed by atoms with van der Waals surface area (Å²) in [6.45, 7) is 0.0922. The van der Waals surface area contributed by atoms with Crippen LogP contribution in [-0.2, 0) is 31.3 Å². The Morgan fingerprint density at radius 2 is 1.84 bits per heavy atom. The number of fused-ring (bicyclic) bond motifs is 4. The standard InChI is InChI=1S/C22H19ClN4O4/c23-12-6-7-14-13(8-12)22(21(31)25-14)18-17(15(26-22)9-16(24)28)19(29)27(20(18)30)10-11-4-2-1-3-5-11/h1-8,15,17-18,26H,9-10H2,(H2,24,28)(H,25,31). The molecule has 3 aliphatic rings. The number of imide groups is 1. The van der Waals surface area contributed by atoms with E-state index < -0.39 is 47.0 Å². The summed E-state index contributed by atoms with van der Waals surface area (Å²) in [5, 5.41) is 6.32. The summed E-state index contributed by atoms with van der Waals surface area (Å²) in [6, 6.07) is 13.3. The Morgan fingerprint density at radius 1 is 1.10 bits per heavy atom. The van der Waals surface area contributed by atoms with E-state index in [1.54, 1.807) is 18.2 Å². The number of halogens is 1. The zero-order valence-electron chi connectivity index (χ0n) is 16.3. The predicted molar refractivity (Wildman–Crippen MR) is 111 cm³/mol. The molecule has 5 rings (SSSR count). The monoisotopic (exact) mass is 438 g/mol. The van der Waals surface area contributed by atoms with Crippen LogP contribution in [0.3, 0.4) is 0 Å². The quantitative estimate of drug-likeness (QED) is 0.618. The Kier molecular flexibility index (Phi) is 4.39. The van der Waals surface area contributed by atoms with Crippen LogP contribution < -0.4 is 16.4 Å². The summed E-state index contributed by atoms with van der Waals surface area (Å²) in [7, 11) is 0. The van der Waals surface area contributed by atoms with E-state index in [4.69, 9.17) is 17.3 Å². The van der Waals surface area contributed by atoms with Crippen LogP contribution in [0.2, 0.25) is 5.02 Å². The fraction of sp³-hybridized carbons (Fsp3) is 0.273. The van der Waals surface area contributed by atoms with Gasteiger partial charge in [0, 0.05) is 28.7 Å². The molecule has 0 aliphatic carbocycles. The van der Waals surface area contributed by atoms with Gasteiger partial charge in [-0.1, -0.05) is 41.9 Å². The van der Waals surface area contributed by atoms with E-state index >= 15 is 0 Å². The molecular weight excluding hydrogens is 420 g/mol. The number of rotatable bonds is 4. The van der Waals surface area contributed by atoms with Crippen LogP contribution in [0.4, 0.5) is 5.69 Å². The van der Waals surface area contributed by atoms with Crippen LogP contribution in [0.1, 0.15) is 17.5 Å². The fourth-order valence-corrected chi connectivity index (χ4v) is 5.32. The third-order valence-corrected chi connectivity index (χ3v) is 6.61. The molecular formula is C22H19ClN4O4. The fourth-order valence-electron chi connectivity index (χ4n) is 5.15. The molecule has 0 radical (unpaired) electrons. The molecule has 2 fully saturated rings. The molecule has 0 bridgehead atoms. The molecule has 4 unspecified atom stereocenters. The van der Waals surface area contributed by atoms with Gasteiger partial charge in [0.15, 0.2) is 0 Å². The Balaban J connectivity index is 1.62. The first-order valence-corrected chi connectivity index (χ1v) is 10.3. The molecule has 2 aromatic rings. The minimum Gasteiger partial charge on any atom is -0.370 e. The molecule has 4 N–H and O–H groups in total. The lowest BCUT2D eigenvalue weighted by Gasteiger charge is -2.29. The Hall–Kier alpha value is -3.23. The summed E-state index contributed by atoms with van der Waals surface area (Å²) in [4.78, 5) is 53.1. The van der Waals surface area contributed by atoms with Crippen molar-refractivity contribution in [2.24, 2.45) is 17.6 Å². The van der Waals surface area contributed by atoms with Crippen molar-refractivity contribution in [3.8, 4) is 0 Å². The molecule has 0 saturated carbocycles. The van der Waals surface area contributed by atoms with E-state index in [1.807, 2.05) is 30.3 Å². The summed E-state index contributed by atoms with van der Waals surface area (Å²) in [5.41, 5.74) is 5.73. The topological polar surface area (TPSA) is 122 Å². The summed E-state index contributed by atoms with van der Waals surface area (Å²) < 4.78 is 0. The number of nitrogens with one attached hydrogen (secondary N) is 2. The molecule has 1 spiro atoms. The van der Waals surface area contributed by atoms with Gasteiger partial charge in [-0.05, 0) is 23.8 Å². The average molecular weight is 439 g/mol. The number of anilines is 1. The highest BCUT2D eigenvalue weighted by Gasteiger charge is 2.70. The van der Waals surface area contributed by atoms with Crippen LogP contribution >= 0.6 is 11.6 Å². The number of likely N-dealkylation sites (tertiary alicyclic amines) is 1. The van der Waals surface area contributed by atoms with Crippen molar-refractivity contribution in [1.29, 1.82) is 0 Å². The highest BCUT2D eigenvalue weighted by molar-refractivity contribution is 6.31. The summed E-state index contributed by atoms with van der Waals surface area (Å²) in [6.07, 6.45) is -0.176. The molecule has 4 amide bonds. The van der Waals surface area contributed by atoms with E-state index in [0.717, 1.165) is 5.56 Å². The van der Waals surface area contributed by atoms with E-state index in [-0.39, 0.29) is 13.0 Å². The van der Waals surface area contributed by atoms with Gasteiger partial charge in [-0.2, -0.15) is 0 Å². The van der Waals surface area contributed by atoms with Gasteiger partial charge in [-0.3, -0.25) is 29.4 Å². The molecule has 2 aromatic carbocycles. The maximum Gasteiger partial charge on any atom is 0.250 e. The number of primary amides is 1. The number of hydrogen-bond acceptors (Lipinski definition) is 5. The van der Waals surface area contributed by atoms with Crippen molar-refractivity contribution in [3.05, 3.63) is 64.7 Å². The van der Waals surface area contributed by atoms with E-state index in [9.17, 15) is 19.2 Å². The number of amides is 4.